The lowest BCUT2D eigenvalue weighted by Crippen LogP contribution is -2.18. The first-order valence-corrected chi connectivity index (χ1v) is 7.65. The Balaban J connectivity index is 1.79. The summed E-state index contributed by atoms with van der Waals surface area (Å²) < 4.78 is 7.23. The minimum absolute atomic E-state index is 0.249. The van der Waals surface area contributed by atoms with Crippen LogP contribution in [0.2, 0.25) is 0 Å². The topological polar surface area (TPSA) is 69.9 Å². The van der Waals surface area contributed by atoms with Gasteiger partial charge in [0.15, 0.2) is 5.69 Å². The second-order valence-electron chi connectivity index (χ2n) is 6.30. The molecule has 1 saturated carbocycles. The van der Waals surface area contributed by atoms with Gasteiger partial charge in [-0.25, -0.2) is 4.79 Å². The molecule has 3 N–H and O–H groups in total. The third-order valence-electron chi connectivity index (χ3n) is 4.74. The first-order chi connectivity index (χ1) is 11.1. The fourth-order valence-corrected chi connectivity index (χ4v) is 3.47. The highest BCUT2D eigenvalue weighted by Gasteiger charge is 2.38. The van der Waals surface area contributed by atoms with E-state index in [1.165, 1.54) is 0 Å². The van der Waals surface area contributed by atoms with Crippen molar-refractivity contribution in [1.82, 2.24) is 9.55 Å². The third kappa shape index (κ3) is 1.81. The van der Waals surface area contributed by atoms with E-state index in [0.717, 1.165) is 17.7 Å². The quantitative estimate of drug-likeness (QED) is 0.625. The monoisotopic (exact) mass is 305 g/mol. The average Bonchev–Trinajstić information content (AvgIpc) is 3.21. The second-order valence-corrected chi connectivity index (χ2v) is 6.30. The van der Waals surface area contributed by atoms with E-state index in [9.17, 15) is 4.79 Å². The van der Waals surface area contributed by atoms with E-state index in [1.807, 2.05) is 6.08 Å². The summed E-state index contributed by atoms with van der Waals surface area (Å²) in [5.74, 6) is 1.72. The number of nitrogens with one attached hydrogen (secondary N) is 1. The number of ether oxygens (including phenoxy) is 1. The van der Waals surface area contributed by atoms with Crippen molar-refractivity contribution in [3.63, 3.8) is 0 Å². The Morgan fingerprint density at radius 1 is 1.35 bits per heavy atom. The number of rotatable bonds is 1. The molecule has 3 atom stereocenters. The van der Waals surface area contributed by atoms with Crippen LogP contribution in [-0.2, 0) is 0 Å². The van der Waals surface area contributed by atoms with Crippen LogP contribution in [0.25, 0.3) is 17.0 Å². The molecule has 23 heavy (non-hydrogen) atoms. The van der Waals surface area contributed by atoms with E-state index >= 15 is 0 Å². The summed E-state index contributed by atoms with van der Waals surface area (Å²) >= 11 is 0. The van der Waals surface area contributed by atoms with E-state index in [1.54, 1.807) is 22.8 Å². The normalized spacial score (nSPS) is 26.7. The first-order valence-electron chi connectivity index (χ1n) is 7.65. The molecule has 2 radical (unpaired) electrons. The molecule has 112 valence electrons. The van der Waals surface area contributed by atoms with Crippen molar-refractivity contribution in [3.05, 3.63) is 52.6 Å². The number of hydrogen-bond acceptors (Lipinski definition) is 2. The maximum atomic E-state index is 12.5. The number of nitrogens with zero attached hydrogens (tertiary/aromatic N) is 1. The Hall–Kier alpha value is -2.47. The Morgan fingerprint density at radius 2 is 2.22 bits per heavy atom. The highest BCUT2D eigenvalue weighted by molar-refractivity contribution is 6.32. The molecule has 5 rings (SSSR count). The summed E-state index contributed by atoms with van der Waals surface area (Å²) in [6.45, 7) is 0. The van der Waals surface area contributed by atoms with Gasteiger partial charge in [-0.1, -0.05) is 29.7 Å². The molecular weight excluding hydrogens is 291 g/mol. The Bertz CT molecular complexity index is 953. The summed E-state index contributed by atoms with van der Waals surface area (Å²) in [6, 6.07) is 5.27. The Morgan fingerprint density at radius 3 is 3.04 bits per heavy atom. The highest BCUT2D eigenvalue weighted by atomic mass is 16.6. The van der Waals surface area contributed by atoms with Crippen LogP contribution >= 0.6 is 0 Å². The molecule has 2 aromatic rings. The van der Waals surface area contributed by atoms with Gasteiger partial charge in [0.25, 0.3) is 0 Å². The zero-order chi connectivity index (χ0) is 15.7. The predicted molar refractivity (Wildman–Crippen MR) is 87.9 cm³/mol. The van der Waals surface area contributed by atoms with Gasteiger partial charge in [0.05, 0.1) is 5.69 Å². The second kappa shape index (κ2) is 4.29. The van der Waals surface area contributed by atoms with Crippen molar-refractivity contribution in [1.29, 1.82) is 0 Å². The zero-order valence-corrected chi connectivity index (χ0v) is 12.2. The van der Waals surface area contributed by atoms with E-state index in [0.29, 0.717) is 34.4 Å². The van der Waals surface area contributed by atoms with Crippen molar-refractivity contribution in [2.45, 2.75) is 12.7 Å². The van der Waals surface area contributed by atoms with E-state index in [-0.39, 0.29) is 5.69 Å². The highest BCUT2D eigenvalue weighted by Crippen LogP contribution is 2.46. The molecule has 3 aliphatic rings. The summed E-state index contributed by atoms with van der Waals surface area (Å²) in [5.41, 5.74) is 3.10. The van der Waals surface area contributed by atoms with Crippen LogP contribution in [0.15, 0.2) is 41.2 Å². The van der Waals surface area contributed by atoms with Gasteiger partial charge in [0.1, 0.15) is 13.6 Å². The van der Waals surface area contributed by atoms with Crippen molar-refractivity contribution in [2.75, 3.05) is 0 Å². The number of imidazole rings is 1. The Labute approximate surface area is 133 Å². The van der Waals surface area contributed by atoms with Crippen LogP contribution in [0.4, 0.5) is 0 Å². The van der Waals surface area contributed by atoms with Crippen LogP contribution in [0.3, 0.4) is 0 Å². The van der Waals surface area contributed by atoms with Gasteiger partial charge in [0, 0.05) is 11.3 Å². The molecule has 2 unspecified atom stereocenters. The lowest BCUT2D eigenvalue weighted by atomic mass is 9.92. The lowest BCUT2D eigenvalue weighted by Gasteiger charge is -2.21. The molecule has 6 heteroatoms. The van der Waals surface area contributed by atoms with Gasteiger partial charge in [0.2, 0.25) is 0 Å². The number of aromatic nitrogens is 2. The number of allylic oxidation sites excluding steroid dienone is 4. The molecule has 1 aliphatic heterocycles. The van der Waals surface area contributed by atoms with Crippen molar-refractivity contribution in [3.8, 4) is 17.0 Å². The van der Waals surface area contributed by atoms with Gasteiger partial charge < -0.3 is 9.84 Å². The first kappa shape index (κ1) is 13.0. The van der Waals surface area contributed by atoms with E-state index in [2.05, 4.69) is 17.1 Å². The molecule has 5 nitrogen and oxygen atoms in total. The molecular formula is C17H14BN2O3+. The molecule has 1 aromatic heterocycles. The fraction of sp³-hybridized carbons (Fsp3) is 0.235. The number of aromatic amines is 1. The zero-order valence-electron chi connectivity index (χ0n) is 12.2. The van der Waals surface area contributed by atoms with Crippen LogP contribution in [0, 0.1) is 11.8 Å². The standard InChI is InChI=1S/C17H13BN2O3/c18-10-2-4-13-12(7-10)15-14(16(21)23-13)19-17(22)20(15)11-3-1-8-5-9(8)6-11/h1-4,6-9,16,21H,5H2,(H,19,22)/p+1/t8?,9-,16?/m0/s1. The molecule has 0 saturated heterocycles. The molecule has 0 bridgehead atoms. The van der Waals surface area contributed by atoms with Crippen molar-refractivity contribution < 1.29 is 9.84 Å². The largest absolute Gasteiger partial charge is 0.420 e. The van der Waals surface area contributed by atoms with Crippen molar-refractivity contribution in [2.24, 2.45) is 11.8 Å². The number of hydrogen-bond donors (Lipinski definition) is 1. The van der Waals surface area contributed by atoms with E-state index < -0.39 is 6.29 Å². The third-order valence-corrected chi connectivity index (χ3v) is 4.74. The molecule has 2 heterocycles. The molecule has 0 amide bonds. The molecule has 1 fully saturated rings. The van der Waals surface area contributed by atoms with Gasteiger partial charge >= 0.3 is 12.0 Å². The maximum absolute atomic E-state index is 12.5. The van der Waals surface area contributed by atoms with Gasteiger partial charge in [-0.15, -0.1) is 0 Å². The van der Waals surface area contributed by atoms with Crippen molar-refractivity contribution >= 4 is 19.0 Å². The van der Waals surface area contributed by atoms with Crippen LogP contribution in [0.5, 0.6) is 5.75 Å². The minimum atomic E-state index is -0.947. The lowest BCUT2D eigenvalue weighted by molar-refractivity contribution is -0.0245. The average molecular weight is 305 g/mol. The van der Waals surface area contributed by atoms with Crippen LogP contribution in [0.1, 0.15) is 18.4 Å². The SMILES string of the molecule is [B]c1ccc2c(c1)-c1c([nH]c(=O)n1C1=C[C@@H]3CC3C=C1)C([OH2+])O2. The number of H-pyrrole nitrogens is 1. The molecule has 1 aromatic carbocycles. The minimum Gasteiger partial charge on any atom is -0.420 e. The maximum Gasteiger partial charge on any atom is 0.349 e. The van der Waals surface area contributed by atoms with Crippen LogP contribution < -0.4 is 15.9 Å². The summed E-state index contributed by atoms with van der Waals surface area (Å²) in [6.07, 6.45) is 6.49. The van der Waals surface area contributed by atoms with Gasteiger partial charge in [-0.3, -0.25) is 9.55 Å². The number of benzene rings is 1. The summed E-state index contributed by atoms with van der Waals surface area (Å²) in [4.78, 5) is 15.3. The number of fused-ring (bicyclic) bond motifs is 4. The fourth-order valence-electron chi connectivity index (χ4n) is 3.47. The van der Waals surface area contributed by atoms with Crippen LogP contribution in [-0.4, -0.2) is 22.5 Å². The van der Waals surface area contributed by atoms with Gasteiger partial charge in [-0.05, 0) is 30.4 Å². The summed E-state index contributed by atoms with van der Waals surface area (Å²) in [7, 11) is 5.91. The molecule has 2 aliphatic carbocycles. The molecule has 0 spiro atoms. The predicted octanol–water partition coefficient (Wildman–Crippen LogP) is 0.800. The Kier molecular flexibility index (Phi) is 2.43. The smallest absolute Gasteiger partial charge is 0.349 e. The van der Waals surface area contributed by atoms with Gasteiger partial charge in [-0.2, -0.15) is 0 Å². The van der Waals surface area contributed by atoms with E-state index in [4.69, 9.17) is 17.7 Å². The summed E-state index contributed by atoms with van der Waals surface area (Å²) in [5, 5.41) is 8.14.